The Bertz CT molecular complexity index is 270. The number of aliphatic hydroxyl groups is 2. The number of rotatable bonds is 8. The molecule has 1 atom stereocenters. The molecular formula is C17H30O2. The molecule has 0 radical (unpaired) electrons. The van der Waals surface area contributed by atoms with Gasteiger partial charge in [-0.1, -0.05) is 62.9 Å². The minimum Gasteiger partial charge on any atom is -0.396 e. The van der Waals surface area contributed by atoms with E-state index in [0.29, 0.717) is 0 Å². The molecule has 2 N–H and O–H groups in total. The van der Waals surface area contributed by atoms with Crippen molar-refractivity contribution in [1.82, 2.24) is 0 Å². The largest absolute Gasteiger partial charge is 0.396 e. The van der Waals surface area contributed by atoms with Crippen molar-refractivity contribution in [1.29, 1.82) is 0 Å². The minimum absolute atomic E-state index is 0.0955. The van der Waals surface area contributed by atoms with E-state index in [4.69, 9.17) is 10.2 Å². The van der Waals surface area contributed by atoms with Crippen LogP contribution in [0.4, 0.5) is 0 Å². The van der Waals surface area contributed by atoms with E-state index in [1.54, 1.807) is 0 Å². The fourth-order valence-electron chi connectivity index (χ4n) is 1.79. The van der Waals surface area contributed by atoms with Gasteiger partial charge >= 0.3 is 0 Å². The van der Waals surface area contributed by atoms with Crippen LogP contribution in [0, 0.1) is 0 Å². The third-order valence-corrected chi connectivity index (χ3v) is 2.94. The van der Waals surface area contributed by atoms with Gasteiger partial charge in [-0.2, -0.15) is 0 Å². The standard InChI is InChI=1S/C9H12O.C8H18O/c10-8-4-7-9-5-2-1-3-6-9;1-3-4-5-6-7-8(2)9/h1-3,5-6,10H,4,7-8H2;8-9H,3-7H2,1-2H3. The van der Waals surface area contributed by atoms with Gasteiger partial charge in [0.25, 0.3) is 0 Å². The molecule has 0 spiro atoms. The van der Waals surface area contributed by atoms with E-state index in [0.717, 1.165) is 19.3 Å². The third kappa shape index (κ3) is 13.4. The number of aryl methyl sites for hydroxylation is 1. The van der Waals surface area contributed by atoms with Crippen LogP contribution in [0.5, 0.6) is 0 Å². The van der Waals surface area contributed by atoms with E-state index in [1.165, 1.54) is 31.2 Å². The summed E-state index contributed by atoms with van der Waals surface area (Å²) >= 11 is 0. The van der Waals surface area contributed by atoms with Crippen molar-refractivity contribution in [2.45, 2.75) is 64.9 Å². The van der Waals surface area contributed by atoms with Crippen LogP contribution < -0.4 is 0 Å². The lowest BCUT2D eigenvalue weighted by atomic mass is 10.1. The Morgan fingerprint density at radius 3 is 2.21 bits per heavy atom. The van der Waals surface area contributed by atoms with Gasteiger partial charge in [0.2, 0.25) is 0 Å². The van der Waals surface area contributed by atoms with Crippen LogP contribution in [0.15, 0.2) is 30.3 Å². The highest BCUT2D eigenvalue weighted by Crippen LogP contribution is 2.04. The normalized spacial score (nSPS) is 11.6. The summed E-state index contributed by atoms with van der Waals surface area (Å²) < 4.78 is 0. The van der Waals surface area contributed by atoms with Crippen molar-refractivity contribution in [2.75, 3.05) is 6.61 Å². The predicted molar refractivity (Wildman–Crippen MR) is 82.3 cm³/mol. The van der Waals surface area contributed by atoms with E-state index in [-0.39, 0.29) is 12.7 Å². The molecule has 0 saturated heterocycles. The summed E-state index contributed by atoms with van der Waals surface area (Å²) in [7, 11) is 0. The van der Waals surface area contributed by atoms with Gasteiger partial charge in [0.1, 0.15) is 0 Å². The average Bonchev–Trinajstić information content (AvgIpc) is 2.43. The summed E-state index contributed by atoms with van der Waals surface area (Å²) in [6.45, 7) is 4.34. The molecule has 19 heavy (non-hydrogen) atoms. The highest BCUT2D eigenvalue weighted by molar-refractivity contribution is 5.14. The van der Waals surface area contributed by atoms with Crippen LogP contribution in [0.2, 0.25) is 0 Å². The molecule has 1 unspecified atom stereocenters. The van der Waals surface area contributed by atoms with Crippen molar-refractivity contribution >= 4 is 0 Å². The molecule has 0 amide bonds. The van der Waals surface area contributed by atoms with Gasteiger partial charge < -0.3 is 10.2 Å². The lowest BCUT2D eigenvalue weighted by Gasteiger charge is -2.01. The first-order valence-electron chi connectivity index (χ1n) is 7.53. The molecule has 1 aromatic rings. The lowest BCUT2D eigenvalue weighted by molar-refractivity contribution is 0.180. The third-order valence-electron chi connectivity index (χ3n) is 2.94. The summed E-state index contributed by atoms with van der Waals surface area (Å²) in [4.78, 5) is 0. The molecule has 0 aliphatic heterocycles. The Labute approximate surface area is 118 Å². The monoisotopic (exact) mass is 266 g/mol. The number of hydrogen-bond donors (Lipinski definition) is 2. The predicted octanol–water partition coefficient (Wildman–Crippen LogP) is 3.95. The van der Waals surface area contributed by atoms with Crippen LogP contribution in [-0.4, -0.2) is 22.9 Å². The Hall–Kier alpha value is -0.860. The minimum atomic E-state index is -0.0955. The van der Waals surface area contributed by atoms with E-state index in [9.17, 15) is 0 Å². The summed E-state index contributed by atoms with van der Waals surface area (Å²) in [6.07, 6.45) is 7.78. The lowest BCUT2D eigenvalue weighted by Crippen LogP contribution is -1.97. The molecule has 2 nitrogen and oxygen atoms in total. The van der Waals surface area contributed by atoms with Crippen LogP contribution in [0.25, 0.3) is 0 Å². The second-order valence-electron chi connectivity index (χ2n) is 5.01. The molecular weight excluding hydrogens is 236 g/mol. The zero-order valence-electron chi connectivity index (χ0n) is 12.5. The van der Waals surface area contributed by atoms with Crippen LogP contribution in [0.1, 0.15) is 57.9 Å². The Morgan fingerprint density at radius 1 is 1.00 bits per heavy atom. The van der Waals surface area contributed by atoms with Gasteiger partial charge in [-0.15, -0.1) is 0 Å². The van der Waals surface area contributed by atoms with Crippen LogP contribution >= 0.6 is 0 Å². The fourth-order valence-corrected chi connectivity index (χ4v) is 1.79. The highest BCUT2D eigenvalue weighted by Gasteiger charge is 1.93. The molecule has 0 fully saturated rings. The first kappa shape index (κ1) is 18.1. The molecule has 0 aromatic heterocycles. The summed E-state index contributed by atoms with van der Waals surface area (Å²) in [5.41, 5.74) is 1.30. The molecule has 0 heterocycles. The van der Waals surface area contributed by atoms with Crippen molar-refractivity contribution in [3.8, 4) is 0 Å². The SMILES string of the molecule is CCCCCCC(C)O.OCCCc1ccccc1. The van der Waals surface area contributed by atoms with Gasteiger partial charge in [-0.25, -0.2) is 0 Å². The van der Waals surface area contributed by atoms with Crippen LogP contribution in [-0.2, 0) is 6.42 Å². The number of hydrogen-bond acceptors (Lipinski definition) is 2. The fraction of sp³-hybridized carbons (Fsp3) is 0.647. The number of unbranched alkanes of at least 4 members (excludes halogenated alkanes) is 3. The molecule has 1 aromatic carbocycles. The Balaban J connectivity index is 0.000000344. The van der Waals surface area contributed by atoms with Gasteiger partial charge in [-0.3, -0.25) is 0 Å². The van der Waals surface area contributed by atoms with E-state index >= 15 is 0 Å². The van der Waals surface area contributed by atoms with Gasteiger partial charge in [0.15, 0.2) is 0 Å². The van der Waals surface area contributed by atoms with E-state index < -0.39 is 0 Å². The summed E-state index contributed by atoms with van der Waals surface area (Å²) in [5, 5.41) is 17.4. The number of aliphatic hydroxyl groups excluding tert-OH is 2. The first-order chi connectivity index (χ1) is 9.20. The molecule has 110 valence electrons. The molecule has 2 heteroatoms. The smallest absolute Gasteiger partial charge is 0.0512 e. The van der Waals surface area contributed by atoms with E-state index in [1.807, 2.05) is 25.1 Å². The van der Waals surface area contributed by atoms with Crippen molar-refractivity contribution < 1.29 is 10.2 Å². The molecule has 0 saturated carbocycles. The van der Waals surface area contributed by atoms with Crippen molar-refractivity contribution in [2.24, 2.45) is 0 Å². The summed E-state index contributed by atoms with van der Waals surface area (Å²) in [6, 6.07) is 10.2. The van der Waals surface area contributed by atoms with E-state index in [2.05, 4.69) is 19.1 Å². The molecule has 0 bridgehead atoms. The Kier molecular flexibility index (Phi) is 13.0. The van der Waals surface area contributed by atoms with Crippen molar-refractivity contribution in [3.63, 3.8) is 0 Å². The highest BCUT2D eigenvalue weighted by atomic mass is 16.3. The van der Waals surface area contributed by atoms with Gasteiger partial charge in [0.05, 0.1) is 6.10 Å². The van der Waals surface area contributed by atoms with Crippen molar-refractivity contribution in [3.05, 3.63) is 35.9 Å². The second-order valence-corrected chi connectivity index (χ2v) is 5.01. The Morgan fingerprint density at radius 2 is 1.68 bits per heavy atom. The quantitative estimate of drug-likeness (QED) is 0.699. The zero-order chi connectivity index (χ0) is 14.3. The maximum atomic E-state index is 8.85. The number of benzene rings is 1. The zero-order valence-corrected chi connectivity index (χ0v) is 12.5. The topological polar surface area (TPSA) is 40.5 Å². The average molecular weight is 266 g/mol. The second kappa shape index (κ2) is 13.6. The van der Waals surface area contributed by atoms with Gasteiger partial charge in [0, 0.05) is 6.61 Å². The summed E-state index contributed by atoms with van der Waals surface area (Å²) in [5.74, 6) is 0. The first-order valence-corrected chi connectivity index (χ1v) is 7.53. The molecule has 0 aliphatic carbocycles. The van der Waals surface area contributed by atoms with Gasteiger partial charge in [-0.05, 0) is 31.7 Å². The molecule has 1 rings (SSSR count). The molecule has 0 aliphatic rings. The van der Waals surface area contributed by atoms with Crippen LogP contribution in [0.3, 0.4) is 0 Å². The maximum Gasteiger partial charge on any atom is 0.0512 e. The maximum absolute atomic E-state index is 8.85.